The van der Waals surface area contributed by atoms with E-state index in [9.17, 15) is 0 Å². The standard InChI is InChI=1S/C11H11N4/c1-15(11-4-7-13-9-14-11)8-10-2-5-12-6-3-10/h2-6,9H,8H2,1H3. The molecule has 0 N–H and O–H groups in total. The van der Waals surface area contributed by atoms with Crippen LogP contribution < -0.4 is 4.90 Å². The maximum absolute atomic E-state index is 4.14. The first-order valence-electron chi connectivity index (χ1n) is 4.64. The van der Waals surface area contributed by atoms with E-state index in [2.05, 4.69) is 21.1 Å². The van der Waals surface area contributed by atoms with Crippen LogP contribution in [0.2, 0.25) is 0 Å². The summed E-state index contributed by atoms with van der Waals surface area (Å²) >= 11 is 0. The van der Waals surface area contributed by atoms with Crippen LogP contribution in [-0.4, -0.2) is 22.0 Å². The van der Waals surface area contributed by atoms with Crippen molar-refractivity contribution in [2.75, 3.05) is 11.9 Å². The van der Waals surface area contributed by atoms with Crippen LogP contribution >= 0.6 is 0 Å². The summed E-state index contributed by atoms with van der Waals surface area (Å²) in [5.41, 5.74) is 1.20. The smallest absolute Gasteiger partial charge is 0.132 e. The maximum Gasteiger partial charge on any atom is 0.132 e. The minimum Gasteiger partial charge on any atom is -0.355 e. The van der Waals surface area contributed by atoms with Gasteiger partial charge < -0.3 is 4.90 Å². The van der Waals surface area contributed by atoms with Crippen molar-refractivity contribution in [1.29, 1.82) is 0 Å². The summed E-state index contributed by atoms with van der Waals surface area (Å²) in [5.74, 6) is 0.863. The first kappa shape index (κ1) is 9.58. The molecule has 0 fully saturated rings. The molecule has 2 aromatic rings. The average molecular weight is 199 g/mol. The Labute approximate surface area is 88.6 Å². The molecule has 4 nitrogen and oxygen atoms in total. The van der Waals surface area contributed by atoms with Crippen LogP contribution in [0.1, 0.15) is 5.56 Å². The highest BCUT2D eigenvalue weighted by Gasteiger charge is 2.01. The van der Waals surface area contributed by atoms with Gasteiger partial charge in [0.25, 0.3) is 0 Å². The SMILES string of the molecule is CN(Cc1ccncc1)c1c[c]ncn1. The van der Waals surface area contributed by atoms with Gasteiger partial charge in [-0.3, -0.25) is 4.98 Å². The Hall–Kier alpha value is -1.97. The van der Waals surface area contributed by atoms with Gasteiger partial charge in [-0.25, -0.2) is 9.97 Å². The van der Waals surface area contributed by atoms with Crippen molar-refractivity contribution in [1.82, 2.24) is 15.0 Å². The van der Waals surface area contributed by atoms with Crippen LogP contribution in [-0.2, 0) is 6.54 Å². The molecule has 0 saturated carbocycles. The van der Waals surface area contributed by atoms with E-state index in [1.54, 1.807) is 18.5 Å². The lowest BCUT2D eigenvalue weighted by Gasteiger charge is -2.17. The van der Waals surface area contributed by atoms with E-state index >= 15 is 0 Å². The van der Waals surface area contributed by atoms with E-state index < -0.39 is 0 Å². The zero-order valence-electron chi connectivity index (χ0n) is 8.46. The predicted octanol–water partition coefficient (Wildman–Crippen LogP) is 1.31. The van der Waals surface area contributed by atoms with E-state index in [0.29, 0.717) is 0 Å². The van der Waals surface area contributed by atoms with Crippen molar-refractivity contribution < 1.29 is 0 Å². The molecule has 0 aliphatic heterocycles. The second-order valence-electron chi connectivity index (χ2n) is 3.22. The van der Waals surface area contributed by atoms with Gasteiger partial charge in [-0.2, -0.15) is 0 Å². The summed E-state index contributed by atoms with van der Waals surface area (Å²) in [6, 6.07) is 5.74. The Bertz CT molecular complexity index is 401. The molecule has 0 saturated heterocycles. The van der Waals surface area contributed by atoms with Crippen LogP contribution in [0.4, 0.5) is 5.82 Å². The third-order valence-corrected chi connectivity index (χ3v) is 2.08. The summed E-state index contributed by atoms with van der Waals surface area (Å²) < 4.78 is 0. The molecule has 0 aliphatic carbocycles. The van der Waals surface area contributed by atoms with E-state index in [-0.39, 0.29) is 0 Å². The first-order chi connectivity index (χ1) is 7.36. The molecule has 0 unspecified atom stereocenters. The normalized spacial score (nSPS) is 9.93. The fraction of sp³-hybridized carbons (Fsp3) is 0.182. The number of aromatic nitrogens is 3. The molecule has 0 aromatic carbocycles. The third-order valence-electron chi connectivity index (χ3n) is 2.08. The van der Waals surface area contributed by atoms with Crippen LogP contribution in [0.3, 0.4) is 0 Å². The number of hydrogen-bond donors (Lipinski definition) is 0. The molecular weight excluding hydrogens is 188 g/mol. The predicted molar refractivity (Wildman–Crippen MR) is 57.2 cm³/mol. The minimum atomic E-state index is 0.799. The Balaban J connectivity index is 2.08. The summed E-state index contributed by atoms with van der Waals surface area (Å²) in [6.07, 6.45) is 7.83. The van der Waals surface area contributed by atoms with Crippen LogP contribution in [0.5, 0.6) is 0 Å². The Morgan fingerprint density at radius 3 is 2.80 bits per heavy atom. The van der Waals surface area contributed by atoms with Crippen LogP contribution in [0.25, 0.3) is 0 Å². The van der Waals surface area contributed by atoms with Crippen LogP contribution in [0.15, 0.2) is 36.9 Å². The lowest BCUT2D eigenvalue weighted by atomic mass is 10.2. The molecule has 2 aromatic heterocycles. The van der Waals surface area contributed by atoms with Gasteiger partial charge in [0.1, 0.15) is 12.1 Å². The Kier molecular flexibility index (Phi) is 2.88. The summed E-state index contributed by atoms with van der Waals surface area (Å²) in [7, 11) is 1.98. The molecule has 0 atom stereocenters. The molecule has 0 aliphatic rings. The highest BCUT2D eigenvalue weighted by atomic mass is 15.2. The lowest BCUT2D eigenvalue weighted by Crippen LogP contribution is -2.17. The molecule has 2 rings (SSSR count). The largest absolute Gasteiger partial charge is 0.355 e. The summed E-state index contributed by atoms with van der Waals surface area (Å²) in [5, 5.41) is 0. The van der Waals surface area contributed by atoms with Gasteiger partial charge in [-0.1, -0.05) is 0 Å². The van der Waals surface area contributed by atoms with Crippen molar-refractivity contribution in [3.8, 4) is 0 Å². The van der Waals surface area contributed by atoms with Gasteiger partial charge in [0, 0.05) is 32.1 Å². The van der Waals surface area contributed by atoms with E-state index in [1.807, 2.05) is 24.1 Å². The summed E-state index contributed by atoms with van der Waals surface area (Å²) in [4.78, 5) is 13.9. The zero-order chi connectivity index (χ0) is 10.5. The van der Waals surface area contributed by atoms with Gasteiger partial charge in [0.05, 0.1) is 6.20 Å². The van der Waals surface area contributed by atoms with Crippen molar-refractivity contribution in [2.24, 2.45) is 0 Å². The number of pyridine rings is 1. The average Bonchev–Trinajstić information content (AvgIpc) is 2.31. The van der Waals surface area contributed by atoms with Crippen molar-refractivity contribution in [3.05, 3.63) is 48.7 Å². The van der Waals surface area contributed by atoms with Crippen molar-refractivity contribution in [3.63, 3.8) is 0 Å². The van der Waals surface area contributed by atoms with Crippen molar-refractivity contribution >= 4 is 5.82 Å². The molecule has 0 spiro atoms. The quantitative estimate of drug-likeness (QED) is 0.747. The number of nitrogens with zero attached hydrogens (tertiary/aromatic N) is 4. The number of anilines is 1. The third kappa shape index (κ3) is 2.49. The Morgan fingerprint density at radius 2 is 2.13 bits per heavy atom. The van der Waals surface area contributed by atoms with E-state index in [4.69, 9.17) is 0 Å². The second-order valence-corrected chi connectivity index (χ2v) is 3.22. The number of hydrogen-bond acceptors (Lipinski definition) is 4. The fourth-order valence-corrected chi connectivity index (χ4v) is 1.31. The van der Waals surface area contributed by atoms with Crippen LogP contribution in [0, 0.1) is 6.20 Å². The first-order valence-corrected chi connectivity index (χ1v) is 4.64. The molecule has 0 amide bonds. The number of rotatable bonds is 3. The van der Waals surface area contributed by atoms with E-state index in [1.165, 1.54) is 11.9 Å². The van der Waals surface area contributed by atoms with Gasteiger partial charge in [-0.15, -0.1) is 0 Å². The molecule has 4 heteroatoms. The van der Waals surface area contributed by atoms with Gasteiger partial charge in [0.2, 0.25) is 0 Å². The topological polar surface area (TPSA) is 41.9 Å². The molecule has 0 bridgehead atoms. The fourth-order valence-electron chi connectivity index (χ4n) is 1.31. The maximum atomic E-state index is 4.14. The van der Waals surface area contributed by atoms with Gasteiger partial charge in [0.15, 0.2) is 0 Å². The van der Waals surface area contributed by atoms with Crippen molar-refractivity contribution in [2.45, 2.75) is 6.54 Å². The monoisotopic (exact) mass is 199 g/mol. The molecule has 2 heterocycles. The lowest BCUT2D eigenvalue weighted by molar-refractivity contribution is 0.887. The highest BCUT2D eigenvalue weighted by molar-refractivity contribution is 5.36. The zero-order valence-corrected chi connectivity index (χ0v) is 8.46. The van der Waals surface area contributed by atoms with Gasteiger partial charge >= 0.3 is 0 Å². The second kappa shape index (κ2) is 4.50. The molecule has 15 heavy (non-hydrogen) atoms. The molecule has 1 radical (unpaired) electrons. The van der Waals surface area contributed by atoms with Gasteiger partial charge in [-0.05, 0) is 17.7 Å². The summed E-state index contributed by atoms with van der Waals surface area (Å²) in [6.45, 7) is 0.799. The van der Waals surface area contributed by atoms with E-state index in [0.717, 1.165) is 12.4 Å². The Morgan fingerprint density at radius 1 is 1.33 bits per heavy atom. The highest BCUT2D eigenvalue weighted by Crippen LogP contribution is 2.09. The molecular formula is C11H11N4. The molecule has 75 valence electrons. The minimum absolute atomic E-state index is 0.799.